The maximum absolute atomic E-state index is 11.4. The maximum Gasteiger partial charge on any atom is 0.336 e. The van der Waals surface area contributed by atoms with Gasteiger partial charge in [-0.2, -0.15) is 0 Å². The maximum atomic E-state index is 11.4. The Morgan fingerprint density at radius 3 is 0.520 bits per heavy atom. The molecule has 0 aliphatic carbocycles. The summed E-state index contributed by atoms with van der Waals surface area (Å²) in [6.45, 7) is 22.8. The van der Waals surface area contributed by atoms with Gasteiger partial charge >= 0.3 is 5.97 Å². The Morgan fingerprint density at radius 2 is 0.387 bits per heavy atom. The van der Waals surface area contributed by atoms with Gasteiger partial charge in [-0.25, -0.2) is 4.79 Å². The highest BCUT2D eigenvalue weighted by Gasteiger charge is 2.14. The third-order valence-electron chi connectivity index (χ3n) is 9.00. The highest BCUT2D eigenvalue weighted by Crippen LogP contribution is 1.96. The minimum atomic E-state index is -0.685. The number of carbonyl (C=O) groups is 1. The lowest BCUT2D eigenvalue weighted by Crippen LogP contribution is -2.24. The van der Waals surface area contributed by atoms with E-state index in [1.165, 1.54) is 0 Å². The van der Waals surface area contributed by atoms with Gasteiger partial charge in [0, 0.05) is 7.11 Å². The highest BCUT2D eigenvalue weighted by atomic mass is 35.5. The Hall–Kier alpha value is -1.16. The minimum absolute atomic E-state index is 0.196. The van der Waals surface area contributed by atoms with E-state index in [0.717, 1.165) is 0 Å². The number of methoxy groups -OCH3 is 1. The summed E-state index contributed by atoms with van der Waals surface area (Å²) >= 11 is 5.34. The van der Waals surface area contributed by atoms with Crippen LogP contribution in [0.25, 0.3) is 0 Å². The summed E-state index contributed by atoms with van der Waals surface area (Å²) < 4.78 is 130. The Bertz CT molecular complexity index is 1050. The average Bonchev–Trinajstić information content (AvgIpc) is 3.41. The molecule has 450 valence electrons. The van der Waals surface area contributed by atoms with Crippen molar-refractivity contribution in [3.8, 4) is 0 Å². The van der Waals surface area contributed by atoms with Crippen molar-refractivity contribution in [3.05, 3.63) is 0 Å². The fourth-order valence-electron chi connectivity index (χ4n) is 5.17. The van der Waals surface area contributed by atoms with Crippen LogP contribution >= 0.6 is 11.6 Å². The van der Waals surface area contributed by atoms with Gasteiger partial charge in [0.15, 0.2) is 12.2 Å². The topological polar surface area (TPSA) is 239 Å². The number of esters is 1. The van der Waals surface area contributed by atoms with Crippen molar-refractivity contribution in [2.24, 2.45) is 0 Å². The van der Waals surface area contributed by atoms with Gasteiger partial charge in [0.25, 0.3) is 0 Å². The van der Waals surface area contributed by atoms with Crippen LogP contribution < -0.4 is 0 Å². The Balaban J connectivity index is 3.09. The smallest absolute Gasteiger partial charge is 0.336 e. The first-order valence-electron chi connectivity index (χ1n) is 26.2. The van der Waals surface area contributed by atoms with Gasteiger partial charge in [-0.1, -0.05) is 11.6 Å². The van der Waals surface area contributed by atoms with Crippen molar-refractivity contribution in [3.63, 3.8) is 0 Å². The fraction of sp³-hybridized carbons (Fsp3) is 0.980. The molecule has 0 N–H and O–H groups in total. The Labute approximate surface area is 451 Å². The molecule has 0 aromatic carbocycles. The normalized spacial score (nSPS) is 12.1. The molecule has 0 saturated heterocycles. The van der Waals surface area contributed by atoms with Crippen LogP contribution in [-0.2, 0) is 118 Å². The van der Waals surface area contributed by atoms with Crippen LogP contribution in [-0.4, -0.2) is 316 Å². The lowest BCUT2D eigenvalue weighted by Gasteiger charge is -2.11. The second-order valence-corrected chi connectivity index (χ2v) is 15.2. The molecule has 0 aliphatic rings. The predicted molar refractivity (Wildman–Crippen MR) is 271 cm³/mol. The summed E-state index contributed by atoms with van der Waals surface area (Å²) in [5.41, 5.74) is 0. The second kappa shape index (κ2) is 68.9. The molecule has 0 fully saturated rings. The fourth-order valence-corrected chi connectivity index (χ4v) is 5.27. The first kappa shape index (κ1) is 73.8. The molecule has 0 aliphatic heterocycles. The number of ether oxygens (including phenoxy) is 24. The second-order valence-electron chi connectivity index (χ2n) is 14.9. The van der Waals surface area contributed by atoms with Crippen molar-refractivity contribution in [2.45, 2.75) is 13.0 Å². The van der Waals surface area contributed by atoms with E-state index in [9.17, 15) is 4.79 Å². The van der Waals surface area contributed by atoms with Gasteiger partial charge in [-0.15, -0.1) is 0 Å². The van der Waals surface area contributed by atoms with Crippen molar-refractivity contribution < 1.29 is 118 Å². The molecule has 0 saturated carbocycles. The molecule has 26 heteroatoms. The summed E-state index contributed by atoms with van der Waals surface area (Å²) in [4.78, 5) is 11.4. The van der Waals surface area contributed by atoms with E-state index < -0.39 is 12.1 Å². The summed E-state index contributed by atoms with van der Waals surface area (Å²) in [6.07, 6.45) is -0.685. The number of rotatable bonds is 69. The molecule has 0 bridgehead atoms. The van der Waals surface area contributed by atoms with Crippen LogP contribution in [0.1, 0.15) is 6.92 Å². The summed E-state index contributed by atoms with van der Waals surface area (Å²) in [5.74, 6) is -0.506. The van der Waals surface area contributed by atoms with Gasteiger partial charge in [0.1, 0.15) is 0 Å². The van der Waals surface area contributed by atoms with E-state index in [2.05, 4.69) is 4.74 Å². The monoisotopic (exact) mass is 1120 g/mol. The molecule has 25 nitrogen and oxygen atoms in total. The van der Waals surface area contributed by atoms with E-state index in [4.69, 9.17) is 121 Å². The van der Waals surface area contributed by atoms with Gasteiger partial charge in [-0.05, 0) is 6.92 Å². The number of carbonyl (C=O) groups excluding carboxylic acids is 1. The molecule has 0 amide bonds. The van der Waals surface area contributed by atoms with E-state index in [1.807, 2.05) is 0 Å². The minimum Gasteiger partial charge on any atom is -0.447 e. The van der Waals surface area contributed by atoms with Crippen LogP contribution in [0, 0.1) is 0 Å². The molecular weight excluding hydrogens is 1020 g/mol. The molecule has 0 spiro atoms. The quantitative estimate of drug-likeness (QED) is 0.0471. The van der Waals surface area contributed by atoms with Gasteiger partial charge in [0.2, 0.25) is 0 Å². The first-order chi connectivity index (χ1) is 37.2. The van der Waals surface area contributed by atoms with Crippen molar-refractivity contribution >= 4 is 17.6 Å². The number of alkyl halides is 1. The largest absolute Gasteiger partial charge is 0.447 e. The van der Waals surface area contributed by atoms with Crippen LogP contribution in [0.5, 0.6) is 0 Å². The first-order valence-corrected chi connectivity index (χ1v) is 26.7. The molecular formula is C49H97ClO25. The molecule has 0 aromatic heterocycles. The van der Waals surface area contributed by atoms with E-state index in [-0.39, 0.29) is 12.7 Å². The summed E-state index contributed by atoms with van der Waals surface area (Å²) in [7, 11) is 1.64. The van der Waals surface area contributed by atoms with Crippen LogP contribution in [0.3, 0.4) is 0 Å². The Morgan fingerprint density at radius 1 is 0.253 bits per heavy atom. The lowest BCUT2D eigenvalue weighted by molar-refractivity contribution is -0.154. The zero-order chi connectivity index (χ0) is 53.9. The van der Waals surface area contributed by atoms with Gasteiger partial charge in [0.05, 0.1) is 291 Å². The zero-order valence-corrected chi connectivity index (χ0v) is 46.2. The molecule has 1 atom stereocenters. The predicted octanol–water partition coefficient (Wildman–Crippen LogP) is 1.13. The van der Waals surface area contributed by atoms with Crippen molar-refractivity contribution in [2.75, 3.05) is 304 Å². The van der Waals surface area contributed by atoms with E-state index in [0.29, 0.717) is 284 Å². The van der Waals surface area contributed by atoms with Gasteiger partial charge in [-0.3, -0.25) is 0 Å². The van der Waals surface area contributed by atoms with E-state index >= 15 is 0 Å². The molecule has 0 radical (unpaired) electrons. The van der Waals surface area contributed by atoms with Crippen molar-refractivity contribution in [1.82, 2.24) is 0 Å². The molecule has 0 aromatic rings. The van der Waals surface area contributed by atoms with Crippen LogP contribution in [0.15, 0.2) is 0 Å². The number of hydrogen-bond acceptors (Lipinski definition) is 25. The number of halogens is 1. The molecule has 1 unspecified atom stereocenters. The SMILES string of the molecule is COCCOCCOCCOCCOCCOCCOCCOCCOCCOCCOCCOCCOCCOCCOCCOCCOCCOCCOCCOCCOCCOCCOC(C)C(=O)OCCl. The molecule has 0 heterocycles. The standard InChI is InChI=1S/C49H97ClO25/c1-48(49(51)75-47-50)74-46-45-73-44-43-72-42-41-71-40-39-70-38-37-69-36-35-68-34-33-67-32-31-66-30-29-65-28-27-64-26-25-63-24-23-62-22-21-61-20-19-60-18-17-59-16-15-58-14-13-57-12-11-56-10-9-55-8-7-54-6-5-53-4-3-52-2/h48H,3-47H2,1-2H3. The lowest BCUT2D eigenvalue weighted by atomic mass is 10.4. The zero-order valence-electron chi connectivity index (χ0n) is 45.5. The third-order valence-corrected chi connectivity index (χ3v) is 9.11. The highest BCUT2D eigenvalue weighted by molar-refractivity contribution is 6.17. The van der Waals surface area contributed by atoms with Crippen LogP contribution in [0.2, 0.25) is 0 Å². The van der Waals surface area contributed by atoms with E-state index in [1.54, 1.807) is 14.0 Å². The van der Waals surface area contributed by atoms with Crippen molar-refractivity contribution in [1.29, 1.82) is 0 Å². The molecule has 0 rings (SSSR count). The van der Waals surface area contributed by atoms with Gasteiger partial charge < -0.3 is 114 Å². The Kier molecular flexibility index (Phi) is 67.9. The average molecular weight is 1120 g/mol. The molecule has 75 heavy (non-hydrogen) atoms. The summed E-state index contributed by atoms with van der Waals surface area (Å²) in [5, 5.41) is 0. The number of hydrogen-bond donors (Lipinski definition) is 0. The summed E-state index contributed by atoms with van der Waals surface area (Å²) in [6, 6.07) is -0.196. The van der Waals surface area contributed by atoms with Crippen LogP contribution in [0.4, 0.5) is 0 Å². The third kappa shape index (κ3) is 67.0.